The molecule has 0 saturated heterocycles. The largest absolute Gasteiger partial charge is 0.344 e. The van der Waals surface area contributed by atoms with Crippen molar-refractivity contribution in [3.05, 3.63) is 77.9 Å². The summed E-state index contributed by atoms with van der Waals surface area (Å²) in [6, 6.07) is 0. The summed E-state index contributed by atoms with van der Waals surface area (Å²) in [4.78, 5) is 5.40. The van der Waals surface area contributed by atoms with E-state index in [0.29, 0.717) is 5.92 Å². The van der Waals surface area contributed by atoms with Crippen molar-refractivity contribution in [2.24, 2.45) is 18.0 Å². The molecule has 0 aromatic carbocycles. The lowest BCUT2D eigenvalue weighted by atomic mass is 9.96. The van der Waals surface area contributed by atoms with Crippen LogP contribution in [0.2, 0.25) is 0 Å². The lowest BCUT2D eigenvalue weighted by molar-refractivity contribution is 0.796. The highest BCUT2D eigenvalue weighted by Gasteiger charge is 2.29. The van der Waals surface area contributed by atoms with E-state index >= 15 is 0 Å². The van der Waals surface area contributed by atoms with E-state index in [0.717, 1.165) is 69.2 Å². The van der Waals surface area contributed by atoms with Crippen molar-refractivity contribution >= 4 is 39.4 Å². The minimum Gasteiger partial charge on any atom is -0.344 e. The smallest absolute Gasteiger partial charge is 0.0693 e. The maximum absolute atomic E-state index is 5.40. The molecule has 0 saturated carbocycles. The van der Waals surface area contributed by atoms with Gasteiger partial charge in [-0.05, 0) is 130 Å². The fourth-order valence-corrected chi connectivity index (χ4v) is 8.69. The monoisotopic (exact) mass is 611 g/mol. The summed E-state index contributed by atoms with van der Waals surface area (Å²) in [5, 5.41) is 2.68. The maximum Gasteiger partial charge on any atom is 0.0693 e. The van der Waals surface area contributed by atoms with Crippen LogP contribution in [0.3, 0.4) is 0 Å². The van der Waals surface area contributed by atoms with Crippen molar-refractivity contribution in [1.29, 1.82) is 0 Å². The number of allylic oxidation sites excluding steroid dienone is 5. The van der Waals surface area contributed by atoms with Gasteiger partial charge in [-0.15, -0.1) is 0 Å². The predicted molar refractivity (Wildman–Crippen MR) is 199 cm³/mol. The number of nitrogens with zero attached hydrogens (tertiary/aromatic N) is 3. The first-order chi connectivity index (χ1) is 21.3. The summed E-state index contributed by atoms with van der Waals surface area (Å²) in [6.07, 6.45) is 19.4. The number of aliphatic imine (C=N–C) groups is 1. The molecular weight excluding hydrogens is 553 g/mol. The molecule has 2 unspecified atom stereocenters. The summed E-state index contributed by atoms with van der Waals surface area (Å²) in [6.45, 7) is 22.6. The standard InChI is InChI=1S/C38H52N3P.C2H6/c1-10-25-23-18-24(26(25)11-2)20-37-31(16-7)32(17-8)38(41(37)42)22-34-28(13-4)27(12-3)33(39-34)21-36-30(15-6)29(14-5)35(19-23)40(36)9;1-2/h19-22,24H,10-18,42H2,1-9H3;1-2H3/b23-19+,33-21-,37-20-,38-22-;. The third kappa shape index (κ3) is 5.64. The van der Waals surface area contributed by atoms with Crippen molar-refractivity contribution in [3.63, 3.8) is 0 Å². The number of aromatic nitrogens is 2. The average Bonchev–Trinajstić information content (AvgIpc) is 3.72. The Labute approximate surface area is 270 Å². The van der Waals surface area contributed by atoms with Crippen molar-refractivity contribution in [1.82, 2.24) is 8.90 Å². The molecule has 0 spiro atoms. The van der Waals surface area contributed by atoms with Gasteiger partial charge in [-0.2, -0.15) is 0 Å². The van der Waals surface area contributed by atoms with E-state index in [2.05, 4.69) is 105 Å². The Kier molecular flexibility index (Phi) is 11.4. The van der Waals surface area contributed by atoms with Gasteiger partial charge in [0, 0.05) is 35.1 Å². The molecule has 2 aromatic heterocycles. The van der Waals surface area contributed by atoms with E-state index in [1.54, 1.807) is 11.1 Å². The second kappa shape index (κ2) is 14.6. The topological polar surface area (TPSA) is 22.2 Å². The Balaban J connectivity index is 0.00000216. The number of hydrogen-bond donors (Lipinski definition) is 0. The highest BCUT2D eigenvalue weighted by molar-refractivity contribution is 7.14. The molecule has 2 atom stereocenters. The summed E-state index contributed by atoms with van der Waals surface area (Å²) in [7, 11) is 5.36. The first kappa shape index (κ1) is 34.2. The van der Waals surface area contributed by atoms with E-state index in [1.165, 1.54) is 61.1 Å². The second-order valence-corrected chi connectivity index (χ2v) is 12.5. The van der Waals surface area contributed by atoms with Crippen LogP contribution in [0.4, 0.5) is 0 Å². The normalized spacial score (nSPS) is 21.5. The number of fused-ring (bicyclic) bond motifs is 7. The van der Waals surface area contributed by atoms with Gasteiger partial charge < -0.3 is 8.90 Å². The van der Waals surface area contributed by atoms with Gasteiger partial charge in [0.15, 0.2) is 0 Å². The van der Waals surface area contributed by atoms with Gasteiger partial charge in [0.1, 0.15) is 0 Å². The van der Waals surface area contributed by atoms with Crippen molar-refractivity contribution in [2.45, 2.75) is 127 Å². The molecule has 4 heterocycles. The van der Waals surface area contributed by atoms with Crippen LogP contribution in [-0.2, 0) is 32.7 Å². The van der Waals surface area contributed by atoms with Gasteiger partial charge in [0.25, 0.3) is 0 Å². The Morgan fingerprint density at radius 1 is 0.659 bits per heavy atom. The third-order valence-electron chi connectivity index (χ3n) is 10.2. The summed E-state index contributed by atoms with van der Waals surface area (Å²) >= 11 is 0. The Morgan fingerprint density at radius 3 is 1.73 bits per heavy atom. The SMILES string of the molecule is CC.CCC1=C(CC)/C2=C/c3c(CC)c(CC)c(n3C)/C=C3\CC(/C=c4/c(CC)c(CC)/c(n4P)=C/C1=N2)C(CC)=C3CC. The fourth-order valence-electron chi connectivity index (χ4n) is 8.22. The molecule has 2 aromatic rings. The second-order valence-electron chi connectivity index (χ2n) is 12.0. The first-order valence-electron chi connectivity index (χ1n) is 17.7. The third-order valence-corrected chi connectivity index (χ3v) is 10.7. The molecule has 0 amide bonds. The zero-order chi connectivity index (χ0) is 32.3. The van der Waals surface area contributed by atoms with Crippen molar-refractivity contribution < 1.29 is 0 Å². The molecule has 44 heavy (non-hydrogen) atoms. The molecule has 2 aliphatic heterocycles. The Hall–Kier alpha value is -2.64. The fraction of sp³-hybridized carbons (Fsp3) is 0.525. The van der Waals surface area contributed by atoms with Gasteiger partial charge in [0.05, 0.1) is 11.4 Å². The summed E-state index contributed by atoms with van der Waals surface area (Å²) in [5.41, 5.74) is 18.5. The number of hydrogen-bond acceptors (Lipinski definition) is 1. The van der Waals surface area contributed by atoms with Crippen LogP contribution in [0.25, 0.3) is 24.3 Å². The van der Waals surface area contributed by atoms with Crippen LogP contribution in [0.15, 0.2) is 38.6 Å². The van der Waals surface area contributed by atoms with Crippen LogP contribution >= 0.6 is 9.39 Å². The van der Waals surface area contributed by atoms with E-state index in [4.69, 9.17) is 4.99 Å². The van der Waals surface area contributed by atoms with Gasteiger partial charge in [-0.1, -0.05) is 80.9 Å². The molecule has 4 heteroatoms. The van der Waals surface area contributed by atoms with Crippen LogP contribution in [0.1, 0.15) is 135 Å². The van der Waals surface area contributed by atoms with E-state index in [1.807, 2.05) is 13.8 Å². The van der Waals surface area contributed by atoms with Crippen LogP contribution in [-0.4, -0.2) is 14.6 Å². The lowest BCUT2D eigenvalue weighted by Gasteiger charge is -2.10. The van der Waals surface area contributed by atoms with E-state index in [9.17, 15) is 0 Å². The quantitative estimate of drug-likeness (QED) is 0.265. The average molecular weight is 612 g/mol. The van der Waals surface area contributed by atoms with Crippen LogP contribution in [0, 0.1) is 5.92 Å². The molecule has 0 radical (unpaired) electrons. The predicted octanol–water partition coefficient (Wildman–Crippen LogP) is 9.45. The number of rotatable bonds is 8. The molecule has 3 aliphatic rings. The van der Waals surface area contributed by atoms with Gasteiger partial charge in [0.2, 0.25) is 0 Å². The lowest BCUT2D eigenvalue weighted by Crippen LogP contribution is -2.23. The van der Waals surface area contributed by atoms with Crippen LogP contribution in [0.5, 0.6) is 0 Å². The summed E-state index contributed by atoms with van der Waals surface area (Å²) < 4.78 is 4.87. The molecule has 3 nitrogen and oxygen atoms in total. The van der Waals surface area contributed by atoms with Gasteiger partial charge in [-0.25, -0.2) is 4.99 Å². The zero-order valence-electron chi connectivity index (χ0n) is 29.7. The molecule has 0 N–H and O–H groups in total. The van der Waals surface area contributed by atoms with Crippen LogP contribution < -0.4 is 10.7 Å². The highest BCUT2D eigenvalue weighted by Crippen LogP contribution is 2.43. The molecular formula is C40H58N3P. The Bertz CT molecular complexity index is 1690. The molecule has 0 fully saturated rings. The first-order valence-corrected chi connectivity index (χ1v) is 18.2. The molecule has 238 valence electrons. The molecule has 8 bridgehead atoms. The minimum atomic E-state index is 0.435. The van der Waals surface area contributed by atoms with Gasteiger partial charge in [-0.3, -0.25) is 0 Å². The Morgan fingerprint density at radius 2 is 1.20 bits per heavy atom. The highest BCUT2D eigenvalue weighted by atomic mass is 31.0. The van der Waals surface area contributed by atoms with E-state index in [-0.39, 0.29) is 0 Å². The maximum atomic E-state index is 5.40. The van der Waals surface area contributed by atoms with Crippen molar-refractivity contribution in [3.8, 4) is 0 Å². The molecule has 1 aliphatic carbocycles. The van der Waals surface area contributed by atoms with E-state index < -0.39 is 0 Å². The van der Waals surface area contributed by atoms with Gasteiger partial charge >= 0.3 is 0 Å². The summed E-state index contributed by atoms with van der Waals surface area (Å²) in [5.74, 6) is 0.435. The minimum absolute atomic E-state index is 0.435. The van der Waals surface area contributed by atoms with Crippen molar-refractivity contribution in [2.75, 3.05) is 0 Å². The zero-order valence-corrected chi connectivity index (χ0v) is 30.8. The molecule has 5 rings (SSSR count).